The molecule has 0 saturated carbocycles. The molecular formula is C13H10ClNO. The summed E-state index contributed by atoms with van der Waals surface area (Å²) in [5.41, 5.74) is 1.44. The monoisotopic (exact) mass is 231 g/mol. The fourth-order valence-electron chi connectivity index (χ4n) is 1.29. The van der Waals surface area contributed by atoms with Gasteiger partial charge in [-0.2, -0.15) is 0 Å². The van der Waals surface area contributed by atoms with Crippen molar-refractivity contribution in [3.8, 4) is 5.75 Å². The number of hydrogen-bond acceptors (Lipinski definition) is 2. The average Bonchev–Trinajstić information content (AvgIpc) is 2.32. The molecule has 0 aliphatic heterocycles. The topological polar surface area (TPSA) is 32.6 Å². The molecule has 0 atom stereocenters. The van der Waals surface area contributed by atoms with Gasteiger partial charge in [0.1, 0.15) is 5.75 Å². The predicted molar refractivity (Wildman–Crippen MR) is 66.8 cm³/mol. The first-order valence-corrected chi connectivity index (χ1v) is 5.21. The van der Waals surface area contributed by atoms with Crippen LogP contribution in [0.15, 0.2) is 53.5 Å². The number of aliphatic imine (C=N–C) groups is 1. The normalized spacial score (nSPS) is 10.8. The van der Waals surface area contributed by atoms with Gasteiger partial charge >= 0.3 is 0 Å². The molecule has 1 N–H and O–H groups in total. The van der Waals surface area contributed by atoms with Crippen molar-refractivity contribution in [2.45, 2.75) is 0 Å². The molecule has 2 aromatic carbocycles. The largest absolute Gasteiger partial charge is 0.507 e. The quantitative estimate of drug-likeness (QED) is 0.784. The van der Waals surface area contributed by atoms with Crippen LogP contribution in [0, 0.1) is 0 Å². The van der Waals surface area contributed by atoms with Gasteiger partial charge in [0.15, 0.2) is 0 Å². The van der Waals surface area contributed by atoms with Crippen LogP contribution in [0.4, 0.5) is 5.69 Å². The number of aromatic hydroxyl groups is 1. The Labute approximate surface area is 98.8 Å². The predicted octanol–water partition coefficient (Wildman–Crippen LogP) is 3.80. The SMILES string of the molecule is Oc1ccc(Cl)cc1C=Nc1ccccc1. The lowest BCUT2D eigenvalue weighted by molar-refractivity contribution is 0.474. The summed E-state index contributed by atoms with van der Waals surface area (Å²) in [7, 11) is 0. The van der Waals surface area contributed by atoms with E-state index in [2.05, 4.69) is 4.99 Å². The van der Waals surface area contributed by atoms with Gasteiger partial charge < -0.3 is 5.11 Å². The molecule has 0 unspecified atom stereocenters. The van der Waals surface area contributed by atoms with E-state index in [4.69, 9.17) is 11.6 Å². The number of benzene rings is 2. The lowest BCUT2D eigenvalue weighted by Gasteiger charge is -1.98. The number of para-hydroxylation sites is 1. The van der Waals surface area contributed by atoms with Gasteiger partial charge in [-0.15, -0.1) is 0 Å². The molecule has 0 aliphatic rings. The highest BCUT2D eigenvalue weighted by atomic mass is 35.5. The van der Waals surface area contributed by atoms with E-state index in [1.165, 1.54) is 0 Å². The third-order valence-electron chi connectivity index (χ3n) is 2.10. The highest BCUT2D eigenvalue weighted by Crippen LogP contribution is 2.20. The minimum Gasteiger partial charge on any atom is -0.507 e. The zero-order chi connectivity index (χ0) is 11.4. The van der Waals surface area contributed by atoms with Crippen molar-refractivity contribution in [3.63, 3.8) is 0 Å². The Morgan fingerprint density at radius 1 is 1.06 bits per heavy atom. The molecule has 0 fully saturated rings. The Hall–Kier alpha value is -1.80. The maximum atomic E-state index is 9.56. The smallest absolute Gasteiger partial charge is 0.124 e. The van der Waals surface area contributed by atoms with Crippen LogP contribution in [0.3, 0.4) is 0 Å². The maximum Gasteiger partial charge on any atom is 0.124 e. The summed E-state index contributed by atoms with van der Waals surface area (Å²) in [4.78, 5) is 4.23. The van der Waals surface area contributed by atoms with Crippen LogP contribution in [0.2, 0.25) is 5.02 Å². The molecule has 0 radical (unpaired) electrons. The molecule has 2 rings (SSSR count). The van der Waals surface area contributed by atoms with Crippen LogP contribution >= 0.6 is 11.6 Å². The first-order chi connectivity index (χ1) is 7.75. The molecule has 3 heteroatoms. The first-order valence-electron chi connectivity index (χ1n) is 4.83. The van der Waals surface area contributed by atoms with Crippen molar-refractivity contribution in [2.75, 3.05) is 0 Å². The average molecular weight is 232 g/mol. The van der Waals surface area contributed by atoms with Gasteiger partial charge in [0, 0.05) is 16.8 Å². The van der Waals surface area contributed by atoms with Gasteiger partial charge in [-0.3, -0.25) is 4.99 Å². The highest BCUT2D eigenvalue weighted by Gasteiger charge is 1.98. The van der Waals surface area contributed by atoms with E-state index in [1.54, 1.807) is 24.4 Å². The molecule has 16 heavy (non-hydrogen) atoms. The molecule has 0 amide bonds. The second-order valence-electron chi connectivity index (χ2n) is 3.30. The van der Waals surface area contributed by atoms with Crippen molar-refractivity contribution in [1.29, 1.82) is 0 Å². The summed E-state index contributed by atoms with van der Waals surface area (Å²) in [5.74, 6) is 0.170. The summed E-state index contributed by atoms with van der Waals surface area (Å²) in [6.07, 6.45) is 1.59. The van der Waals surface area contributed by atoms with E-state index in [9.17, 15) is 5.11 Å². The molecule has 0 aromatic heterocycles. The lowest BCUT2D eigenvalue weighted by atomic mass is 10.2. The summed E-state index contributed by atoms with van der Waals surface area (Å²) in [5, 5.41) is 10.1. The molecule has 2 nitrogen and oxygen atoms in total. The standard InChI is InChI=1S/C13H10ClNO/c14-11-6-7-13(16)10(8-11)9-15-12-4-2-1-3-5-12/h1-9,16H. The Morgan fingerprint density at radius 2 is 1.81 bits per heavy atom. The maximum absolute atomic E-state index is 9.56. The Bertz CT molecular complexity index is 509. The van der Waals surface area contributed by atoms with Crippen molar-refractivity contribution in [1.82, 2.24) is 0 Å². The van der Waals surface area contributed by atoms with Crippen LogP contribution in [0.5, 0.6) is 5.75 Å². The fourth-order valence-corrected chi connectivity index (χ4v) is 1.47. The van der Waals surface area contributed by atoms with Crippen LogP contribution < -0.4 is 0 Å². The zero-order valence-electron chi connectivity index (χ0n) is 8.47. The number of hydrogen-bond donors (Lipinski definition) is 1. The highest BCUT2D eigenvalue weighted by molar-refractivity contribution is 6.30. The van der Waals surface area contributed by atoms with Gasteiger partial charge in [0.25, 0.3) is 0 Å². The van der Waals surface area contributed by atoms with Crippen LogP contribution in [0.1, 0.15) is 5.56 Å². The number of nitrogens with zero attached hydrogens (tertiary/aromatic N) is 1. The summed E-state index contributed by atoms with van der Waals surface area (Å²) in [6, 6.07) is 14.4. The number of halogens is 1. The molecule has 0 saturated heterocycles. The Kier molecular flexibility index (Phi) is 3.22. The third kappa shape index (κ3) is 2.61. The molecule has 2 aromatic rings. The lowest BCUT2D eigenvalue weighted by Crippen LogP contribution is -1.81. The van der Waals surface area contributed by atoms with Gasteiger partial charge in [-0.05, 0) is 30.3 Å². The summed E-state index contributed by atoms with van der Waals surface area (Å²) in [6.45, 7) is 0. The van der Waals surface area contributed by atoms with E-state index in [0.29, 0.717) is 10.6 Å². The van der Waals surface area contributed by atoms with Crippen molar-refractivity contribution >= 4 is 23.5 Å². The second kappa shape index (κ2) is 4.81. The first kappa shape index (κ1) is 10.7. The summed E-state index contributed by atoms with van der Waals surface area (Å²) >= 11 is 5.83. The molecule has 0 spiro atoms. The Balaban J connectivity index is 2.27. The van der Waals surface area contributed by atoms with Gasteiger partial charge in [-0.1, -0.05) is 29.8 Å². The van der Waals surface area contributed by atoms with E-state index in [1.807, 2.05) is 30.3 Å². The number of phenolic OH excluding ortho intramolecular Hbond substituents is 1. The van der Waals surface area contributed by atoms with Gasteiger partial charge in [0.2, 0.25) is 0 Å². The minimum atomic E-state index is 0.170. The molecular weight excluding hydrogens is 222 g/mol. The van der Waals surface area contributed by atoms with Crippen molar-refractivity contribution < 1.29 is 5.11 Å². The van der Waals surface area contributed by atoms with Gasteiger partial charge in [0.05, 0.1) is 5.69 Å². The summed E-state index contributed by atoms with van der Waals surface area (Å²) < 4.78 is 0. The molecule has 80 valence electrons. The number of rotatable bonds is 2. The van der Waals surface area contributed by atoms with E-state index < -0.39 is 0 Å². The van der Waals surface area contributed by atoms with Crippen LogP contribution in [-0.4, -0.2) is 11.3 Å². The van der Waals surface area contributed by atoms with E-state index in [-0.39, 0.29) is 5.75 Å². The fraction of sp³-hybridized carbons (Fsp3) is 0. The molecule has 0 bridgehead atoms. The molecule has 0 aliphatic carbocycles. The van der Waals surface area contributed by atoms with Crippen LogP contribution in [-0.2, 0) is 0 Å². The van der Waals surface area contributed by atoms with E-state index in [0.717, 1.165) is 5.69 Å². The van der Waals surface area contributed by atoms with Crippen molar-refractivity contribution in [2.24, 2.45) is 4.99 Å². The zero-order valence-corrected chi connectivity index (χ0v) is 9.22. The third-order valence-corrected chi connectivity index (χ3v) is 2.33. The molecule has 0 heterocycles. The van der Waals surface area contributed by atoms with E-state index >= 15 is 0 Å². The second-order valence-corrected chi connectivity index (χ2v) is 3.73. The Morgan fingerprint density at radius 3 is 2.56 bits per heavy atom. The van der Waals surface area contributed by atoms with Crippen LogP contribution in [0.25, 0.3) is 0 Å². The van der Waals surface area contributed by atoms with Crippen molar-refractivity contribution in [3.05, 3.63) is 59.1 Å². The minimum absolute atomic E-state index is 0.170. The number of phenols is 1. The van der Waals surface area contributed by atoms with Gasteiger partial charge in [-0.25, -0.2) is 0 Å².